The van der Waals surface area contributed by atoms with E-state index in [1.807, 2.05) is 12.1 Å². The molecule has 184 valence electrons. The number of amides is 1. The molecule has 0 saturated heterocycles. The van der Waals surface area contributed by atoms with Crippen LogP contribution in [0.3, 0.4) is 0 Å². The van der Waals surface area contributed by atoms with E-state index in [2.05, 4.69) is 54.7 Å². The van der Waals surface area contributed by atoms with E-state index in [4.69, 9.17) is 0 Å². The van der Waals surface area contributed by atoms with Crippen LogP contribution in [0.2, 0.25) is 0 Å². The SMILES string of the molecule is Cc1cc(C)c(SN2Cc3ccccc3CC2C(=O)NCCc2ccc(C(F)(F)F)cc2)c(C)c1. The minimum Gasteiger partial charge on any atom is -0.354 e. The van der Waals surface area contributed by atoms with Gasteiger partial charge in [-0.05, 0) is 85.5 Å². The van der Waals surface area contributed by atoms with Gasteiger partial charge in [0.25, 0.3) is 0 Å². The quantitative estimate of drug-likeness (QED) is 0.398. The Kier molecular flexibility index (Phi) is 7.57. The maximum Gasteiger partial charge on any atom is 0.416 e. The van der Waals surface area contributed by atoms with Crippen molar-refractivity contribution < 1.29 is 18.0 Å². The highest BCUT2D eigenvalue weighted by Gasteiger charge is 2.33. The van der Waals surface area contributed by atoms with Gasteiger partial charge in [-0.1, -0.05) is 54.1 Å². The van der Waals surface area contributed by atoms with Crippen molar-refractivity contribution in [3.05, 3.63) is 99.6 Å². The zero-order valence-electron chi connectivity index (χ0n) is 20.1. The normalized spacial score (nSPS) is 16.1. The van der Waals surface area contributed by atoms with Gasteiger partial charge in [0.2, 0.25) is 5.91 Å². The Labute approximate surface area is 208 Å². The second kappa shape index (κ2) is 10.5. The van der Waals surface area contributed by atoms with Gasteiger partial charge in [-0.2, -0.15) is 13.2 Å². The Bertz CT molecular complexity index is 1180. The maximum atomic E-state index is 13.3. The number of carbonyl (C=O) groups excluding carboxylic acids is 1. The van der Waals surface area contributed by atoms with E-state index in [-0.39, 0.29) is 11.9 Å². The standard InChI is InChI=1S/C28H29F3N2OS/c1-18-14-19(2)26(20(3)15-18)35-33-17-23-7-5-4-6-22(23)16-25(33)27(34)32-13-12-21-8-10-24(11-9-21)28(29,30)31/h4-11,14-15,25H,12-13,16-17H2,1-3H3,(H,32,34). The molecule has 1 amide bonds. The summed E-state index contributed by atoms with van der Waals surface area (Å²) in [6.07, 6.45) is -3.27. The second-order valence-electron chi connectivity index (χ2n) is 9.12. The van der Waals surface area contributed by atoms with E-state index in [1.54, 1.807) is 11.9 Å². The number of rotatable bonds is 6. The molecule has 0 fully saturated rings. The fraction of sp³-hybridized carbons (Fsp3) is 0.321. The first-order valence-corrected chi connectivity index (χ1v) is 12.4. The molecule has 1 N–H and O–H groups in total. The maximum absolute atomic E-state index is 13.3. The van der Waals surface area contributed by atoms with E-state index in [0.29, 0.717) is 25.9 Å². The molecule has 1 unspecified atom stereocenters. The van der Waals surface area contributed by atoms with Crippen LogP contribution in [0, 0.1) is 20.8 Å². The van der Waals surface area contributed by atoms with Crippen molar-refractivity contribution in [1.82, 2.24) is 9.62 Å². The van der Waals surface area contributed by atoms with E-state index in [9.17, 15) is 18.0 Å². The van der Waals surface area contributed by atoms with Crippen LogP contribution in [-0.2, 0) is 30.4 Å². The largest absolute Gasteiger partial charge is 0.416 e. The molecule has 3 aromatic carbocycles. The molecular weight excluding hydrogens is 469 g/mol. The molecule has 1 atom stereocenters. The molecule has 0 saturated carbocycles. The summed E-state index contributed by atoms with van der Waals surface area (Å²) >= 11 is 1.63. The van der Waals surface area contributed by atoms with E-state index in [0.717, 1.165) is 22.6 Å². The molecule has 1 aliphatic heterocycles. The number of alkyl halides is 3. The molecule has 35 heavy (non-hydrogen) atoms. The molecule has 7 heteroatoms. The van der Waals surface area contributed by atoms with Gasteiger partial charge in [0, 0.05) is 18.0 Å². The van der Waals surface area contributed by atoms with Gasteiger partial charge in [0.05, 0.1) is 5.56 Å². The number of nitrogens with zero attached hydrogens (tertiary/aromatic N) is 1. The lowest BCUT2D eigenvalue weighted by Gasteiger charge is -2.35. The van der Waals surface area contributed by atoms with Gasteiger partial charge in [0.15, 0.2) is 0 Å². The first-order valence-electron chi connectivity index (χ1n) is 11.6. The lowest BCUT2D eigenvalue weighted by molar-refractivity contribution is -0.137. The van der Waals surface area contributed by atoms with Crippen LogP contribution in [0.4, 0.5) is 13.2 Å². The zero-order valence-corrected chi connectivity index (χ0v) is 20.9. The molecule has 3 nitrogen and oxygen atoms in total. The van der Waals surface area contributed by atoms with Gasteiger partial charge in [0.1, 0.15) is 6.04 Å². The van der Waals surface area contributed by atoms with Crippen molar-refractivity contribution in [1.29, 1.82) is 0 Å². The van der Waals surface area contributed by atoms with Gasteiger partial charge >= 0.3 is 6.18 Å². The van der Waals surface area contributed by atoms with Crippen molar-refractivity contribution in [2.45, 2.75) is 57.3 Å². The highest BCUT2D eigenvalue weighted by atomic mass is 32.2. The molecule has 1 heterocycles. The molecular formula is C28H29F3N2OS. The van der Waals surface area contributed by atoms with E-state index < -0.39 is 11.7 Å². The number of nitrogens with one attached hydrogen (secondary N) is 1. The minimum absolute atomic E-state index is 0.0682. The summed E-state index contributed by atoms with van der Waals surface area (Å²) in [5.41, 5.74) is 6.07. The first kappa shape index (κ1) is 25.3. The zero-order chi connectivity index (χ0) is 25.2. The van der Waals surface area contributed by atoms with Crippen molar-refractivity contribution in [2.24, 2.45) is 0 Å². The summed E-state index contributed by atoms with van der Waals surface area (Å²) in [6.45, 7) is 7.30. The Balaban J connectivity index is 1.46. The van der Waals surface area contributed by atoms with Gasteiger partial charge in [-0.25, -0.2) is 4.31 Å². The molecule has 1 aliphatic rings. The smallest absolute Gasteiger partial charge is 0.354 e. The highest BCUT2D eigenvalue weighted by Crippen LogP contribution is 2.36. The number of hydrogen-bond acceptors (Lipinski definition) is 3. The van der Waals surface area contributed by atoms with E-state index >= 15 is 0 Å². The van der Waals surface area contributed by atoms with Gasteiger partial charge in [-0.3, -0.25) is 4.79 Å². The molecule has 4 rings (SSSR count). The predicted octanol–water partition coefficient (Wildman–Crippen LogP) is 6.42. The Hall–Kier alpha value is -2.77. The lowest BCUT2D eigenvalue weighted by atomic mass is 9.95. The molecule has 0 aliphatic carbocycles. The van der Waals surface area contributed by atoms with Gasteiger partial charge < -0.3 is 5.32 Å². The summed E-state index contributed by atoms with van der Waals surface area (Å²) in [4.78, 5) is 14.5. The Morgan fingerprint density at radius 1 is 1.00 bits per heavy atom. The van der Waals surface area contributed by atoms with Crippen LogP contribution in [0.15, 0.2) is 65.6 Å². The molecule has 0 aromatic heterocycles. The van der Waals surface area contributed by atoms with Gasteiger partial charge in [-0.15, -0.1) is 0 Å². The molecule has 0 spiro atoms. The lowest BCUT2D eigenvalue weighted by Crippen LogP contribution is -2.47. The predicted molar refractivity (Wildman–Crippen MR) is 134 cm³/mol. The number of aryl methyl sites for hydroxylation is 3. The summed E-state index contributed by atoms with van der Waals surface area (Å²) in [6, 6.07) is 17.3. The molecule has 0 bridgehead atoms. The van der Waals surface area contributed by atoms with Crippen LogP contribution >= 0.6 is 11.9 Å². The van der Waals surface area contributed by atoms with Crippen molar-refractivity contribution >= 4 is 17.9 Å². The Morgan fingerprint density at radius 2 is 1.63 bits per heavy atom. The third-order valence-electron chi connectivity index (χ3n) is 6.32. The Morgan fingerprint density at radius 3 is 2.26 bits per heavy atom. The summed E-state index contributed by atoms with van der Waals surface area (Å²) in [7, 11) is 0. The second-order valence-corrected chi connectivity index (χ2v) is 10.2. The molecule has 0 radical (unpaired) electrons. The van der Waals surface area contributed by atoms with E-state index in [1.165, 1.54) is 39.9 Å². The third kappa shape index (κ3) is 6.08. The van der Waals surface area contributed by atoms with Crippen LogP contribution in [0.1, 0.15) is 38.9 Å². The minimum atomic E-state index is -4.35. The summed E-state index contributed by atoms with van der Waals surface area (Å²) in [5.74, 6) is -0.0682. The number of halogens is 3. The number of benzene rings is 3. The molecule has 3 aromatic rings. The number of fused-ring (bicyclic) bond motifs is 1. The highest BCUT2D eigenvalue weighted by molar-refractivity contribution is 7.97. The van der Waals surface area contributed by atoms with Crippen molar-refractivity contribution in [3.63, 3.8) is 0 Å². The third-order valence-corrected chi connectivity index (χ3v) is 7.76. The monoisotopic (exact) mass is 498 g/mol. The van der Waals surface area contributed by atoms with Crippen LogP contribution in [0.5, 0.6) is 0 Å². The summed E-state index contributed by atoms with van der Waals surface area (Å²) < 4.78 is 40.5. The van der Waals surface area contributed by atoms with Crippen LogP contribution < -0.4 is 5.32 Å². The average molecular weight is 499 g/mol. The average Bonchev–Trinajstić information content (AvgIpc) is 2.80. The van der Waals surface area contributed by atoms with Crippen LogP contribution in [-0.4, -0.2) is 22.8 Å². The number of hydrogen-bond donors (Lipinski definition) is 1. The van der Waals surface area contributed by atoms with Crippen LogP contribution in [0.25, 0.3) is 0 Å². The summed E-state index contributed by atoms with van der Waals surface area (Å²) in [5, 5.41) is 3.01. The fourth-order valence-electron chi connectivity index (χ4n) is 4.55. The number of carbonyl (C=O) groups is 1. The first-order chi connectivity index (χ1) is 16.6. The topological polar surface area (TPSA) is 32.3 Å². The van der Waals surface area contributed by atoms with Crippen molar-refractivity contribution in [2.75, 3.05) is 6.54 Å². The van der Waals surface area contributed by atoms with Crippen molar-refractivity contribution in [3.8, 4) is 0 Å². The fourth-order valence-corrected chi connectivity index (χ4v) is 5.70.